The minimum absolute atomic E-state index is 0. The molecule has 18 heteroatoms. The van der Waals surface area contributed by atoms with Crippen LogP contribution in [0.1, 0.15) is 42.6 Å². The molecule has 228 valence electrons. The summed E-state index contributed by atoms with van der Waals surface area (Å²) in [5, 5.41) is 34.5. The average molecular weight is 665 g/mol. The van der Waals surface area contributed by atoms with E-state index in [-0.39, 0.29) is 95.1 Å². The van der Waals surface area contributed by atoms with Crippen LogP contribution >= 0.6 is 11.8 Å². The molecule has 2 aromatic rings. The molecule has 1 saturated carbocycles. The molecule has 45 heavy (non-hydrogen) atoms. The number of rotatable bonds is 8. The normalized spacial score (nSPS) is 22.8. The number of halogens is 2. The maximum atomic E-state index is 15.9. The number of β-lactam (4-membered cyclic amide) rings is 1. The Morgan fingerprint density at radius 2 is 1.84 bits per heavy atom. The summed E-state index contributed by atoms with van der Waals surface area (Å²) in [5.41, 5.74) is -2.79. The van der Waals surface area contributed by atoms with Crippen LogP contribution in [-0.4, -0.2) is 75.7 Å². The number of hydrogen-bond donors (Lipinski definition) is 2. The number of thioether (sulfide) groups is 1. The number of anilines is 1. The largest absolute Gasteiger partial charge is 1.00 e. The number of aliphatic hydroxyl groups is 1. The Balaban J connectivity index is 0.00000230. The third-order valence-corrected chi connectivity index (χ3v) is 9.41. The number of pyridine rings is 1. The second kappa shape index (κ2) is 13.5. The van der Waals surface area contributed by atoms with Crippen molar-refractivity contribution in [3.8, 4) is 0 Å². The fourth-order valence-corrected chi connectivity index (χ4v) is 7.39. The zero-order chi connectivity index (χ0) is 30.9. The van der Waals surface area contributed by atoms with Gasteiger partial charge in [0, 0.05) is 25.3 Å². The molecule has 4 aliphatic rings. The molecule has 4 atom stereocenters. The molecular formula is C27H24F2N4Na2O9S. The SMILES string of the molecule is C[C@H](O)[C@H]1C(=O)N2C(C(=O)[O-])=C(COC(=O)NC3CCN(c4c(F)cc5c(=O)c(C(=O)[O-])cn(C6CC6)c5c4F)C3)S[C@@H]12.[Na+].[Na+]. The number of carbonyl (C=O) groups excluding carboxylic acids is 4. The first-order chi connectivity index (χ1) is 20.4. The summed E-state index contributed by atoms with van der Waals surface area (Å²) in [6, 6.07) is -0.0423. The second-order valence-electron chi connectivity index (χ2n) is 10.9. The number of carbonyl (C=O) groups is 4. The number of carboxylic acid groups (broad SMARTS) is 2. The van der Waals surface area contributed by atoms with Crippen molar-refractivity contribution >= 4 is 52.3 Å². The molecule has 0 bridgehead atoms. The van der Waals surface area contributed by atoms with Gasteiger partial charge in [-0.2, -0.15) is 0 Å². The van der Waals surface area contributed by atoms with Gasteiger partial charge in [0.25, 0.3) is 0 Å². The molecule has 1 aromatic carbocycles. The summed E-state index contributed by atoms with van der Waals surface area (Å²) in [7, 11) is 0. The van der Waals surface area contributed by atoms with E-state index >= 15 is 8.78 Å². The number of aromatic carboxylic acids is 1. The van der Waals surface area contributed by atoms with E-state index < -0.39 is 93.4 Å². The molecule has 3 aliphatic heterocycles. The van der Waals surface area contributed by atoms with Gasteiger partial charge in [-0.1, -0.05) is 11.8 Å². The summed E-state index contributed by atoms with van der Waals surface area (Å²) >= 11 is 0.981. The Hall–Kier alpha value is -2.18. The fraction of sp³-hybridized carbons (Fsp3) is 0.444. The second-order valence-corrected chi connectivity index (χ2v) is 12.1. The van der Waals surface area contributed by atoms with Crippen LogP contribution in [0.2, 0.25) is 0 Å². The first kappa shape index (κ1) is 35.7. The number of ether oxygens (including phenoxy) is 1. The van der Waals surface area contributed by atoms with E-state index in [1.807, 2.05) is 0 Å². The van der Waals surface area contributed by atoms with Gasteiger partial charge in [0.15, 0.2) is 11.2 Å². The van der Waals surface area contributed by atoms with Crippen molar-refractivity contribution in [3.05, 3.63) is 50.3 Å². The molecule has 2 saturated heterocycles. The monoisotopic (exact) mass is 664 g/mol. The first-order valence-corrected chi connectivity index (χ1v) is 14.4. The van der Waals surface area contributed by atoms with Gasteiger partial charge < -0.3 is 44.4 Å². The zero-order valence-corrected chi connectivity index (χ0v) is 29.3. The van der Waals surface area contributed by atoms with Crippen LogP contribution in [0.4, 0.5) is 19.3 Å². The number of aromatic nitrogens is 1. The standard InChI is InChI=1S/C27H26F2N4O9S.2Na/c1-10(34)17-23(36)33-21(26(39)40)16(43-24(17)33)9-42-27(41)30-11-4-5-31(7-11)20-15(28)6-13-19(18(20)29)32(12-2-3-12)8-14(22(13)35)25(37)38;;/h6,8,10-12,17,24,34H,2-5,7,9H2,1H3,(H,30,41)(H,37,38)(H,39,40);;/q;2*+1/p-2/t10-,11?,17-,24-;;/m0../s1. The van der Waals surface area contributed by atoms with E-state index in [2.05, 4.69) is 5.32 Å². The van der Waals surface area contributed by atoms with Crippen LogP contribution in [0.5, 0.6) is 0 Å². The number of aliphatic hydroxyl groups excluding tert-OH is 1. The number of amides is 2. The van der Waals surface area contributed by atoms with Crippen molar-refractivity contribution in [2.75, 3.05) is 24.6 Å². The van der Waals surface area contributed by atoms with Crippen molar-refractivity contribution in [1.29, 1.82) is 0 Å². The van der Waals surface area contributed by atoms with E-state index in [9.17, 15) is 39.3 Å². The van der Waals surface area contributed by atoms with E-state index in [1.54, 1.807) is 0 Å². The summed E-state index contributed by atoms with van der Waals surface area (Å²) < 4.78 is 37.6. The molecule has 1 aromatic heterocycles. The van der Waals surface area contributed by atoms with Gasteiger partial charge >= 0.3 is 65.2 Å². The van der Waals surface area contributed by atoms with Crippen molar-refractivity contribution in [1.82, 2.24) is 14.8 Å². The minimum Gasteiger partial charge on any atom is -0.545 e. The van der Waals surface area contributed by atoms with Crippen molar-refractivity contribution in [2.45, 2.75) is 49.7 Å². The average Bonchev–Trinajstić information content (AvgIpc) is 3.59. The number of aliphatic carboxylic acids is 1. The summed E-state index contributed by atoms with van der Waals surface area (Å²) in [5.74, 6) is -6.84. The number of fused-ring (bicyclic) bond motifs is 2. The van der Waals surface area contributed by atoms with Gasteiger partial charge in [0.1, 0.15) is 23.5 Å². The maximum absolute atomic E-state index is 15.9. The quantitative estimate of drug-likeness (QED) is 0.202. The molecule has 2 amide bonds. The molecule has 2 N–H and O–H groups in total. The Bertz CT molecular complexity index is 1700. The van der Waals surface area contributed by atoms with E-state index in [0.717, 1.165) is 28.9 Å². The molecular weight excluding hydrogens is 640 g/mol. The molecule has 4 heterocycles. The predicted octanol–water partition coefficient (Wildman–Crippen LogP) is -6.84. The Morgan fingerprint density at radius 1 is 1.16 bits per heavy atom. The van der Waals surface area contributed by atoms with Gasteiger partial charge in [0.2, 0.25) is 5.91 Å². The molecule has 0 spiro atoms. The number of alkyl carbamates (subject to hydrolysis) is 1. The van der Waals surface area contributed by atoms with Gasteiger partial charge in [-0.25, -0.2) is 13.6 Å². The third kappa shape index (κ3) is 6.27. The smallest absolute Gasteiger partial charge is 0.545 e. The number of nitrogens with zero attached hydrogens (tertiary/aromatic N) is 3. The molecule has 3 fully saturated rings. The minimum atomic E-state index is -1.74. The third-order valence-electron chi connectivity index (χ3n) is 8.07. The number of carboxylic acids is 2. The summed E-state index contributed by atoms with van der Waals surface area (Å²) in [6.07, 6.45) is 0.625. The van der Waals surface area contributed by atoms with Crippen LogP contribution in [0.25, 0.3) is 10.9 Å². The van der Waals surface area contributed by atoms with Gasteiger partial charge in [-0.15, -0.1) is 0 Å². The number of benzene rings is 1. The maximum Gasteiger partial charge on any atom is 1.00 e. The number of nitrogens with one attached hydrogen (secondary N) is 1. The molecule has 1 aliphatic carbocycles. The molecule has 13 nitrogen and oxygen atoms in total. The van der Waals surface area contributed by atoms with Crippen LogP contribution in [0, 0.1) is 17.6 Å². The molecule has 6 rings (SSSR count). The van der Waals surface area contributed by atoms with E-state index in [0.29, 0.717) is 12.8 Å². The van der Waals surface area contributed by atoms with Crippen molar-refractivity contribution in [3.63, 3.8) is 0 Å². The van der Waals surface area contributed by atoms with Gasteiger partial charge in [-0.05, 0) is 32.3 Å². The van der Waals surface area contributed by atoms with E-state index in [1.165, 1.54) is 16.4 Å². The summed E-state index contributed by atoms with van der Waals surface area (Å²) in [4.78, 5) is 63.1. The van der Waals surface area contributed by atoms with Gasteiger partial charge in [-0.3, -0.25) is 14.5 Å². The Kier molecular flexibility index (Phi) is 10.7. The predicted molar refractivity (Wildman–Crippen MR) is 141 cm³/mol. The number of hydrogen-bond acceptors (Lipinski definition) is 11. The summed E-state index contributed by atoms with van der Waals surface area (Å²) in [6.45, 7) is 1.04. The van der Waals surface area contributed by atoms with Crippen LogP contribution in [-0.2, 0) is 14.3 Å². The zero-order valence-electron chi connectivity index (χ0n) is 24.5. The van der Waals surface area contributed by atoms with Crippen molar-refractivity contribution < 1.29 is 107 Å². The fourth-order valence-electron chi connectivity index (χ4n) is 5.87. The van der Waals surface area contributed by atoms with Crippen molar-refractivity contribution in [2.24, 2.45) is 5.92 Å². The first-order valence-electron chi connectivity index (χ1n) is 13.5. The van der Waals surface area contributed by atoms with Crippen LogP contribution in [0.3, 0.4) is 0 Å². The Labute approximate surface area is 302 Å². The van der Waals surface area contributed by atoms with E-state index in [4.69, 9.17) is 4.74 Å². The van der Waals surface area contributed by atoms with Crippen LogP contribution < -0.4 is 85.0 Å². The molecule has 1 unspecified atom stereocenters. The van der Waals surface area contributed by atoms with Gasteiger partial charge in [0.05, 0.1) is 57.1 Å². The van der Waals surface area contributed by atoms with Crippen LogP contribution in [0.15, 0.2) is 27.7 Å². The molecule has 0 radical (unpaired) electrons. The topological polar surface area (TPSA) is 184 Å². The Morgan fingerprint density at radius 3 is 2.44 bits per heavy atom.